The summed E-state index contributed by atoms with van der Waals surface area (Å²) in [6.07, 6.45) is 0. The molecule has 1 aromatic heterocycles. The third-order valence-corrected chi connectivity index (χ3v) is 3.98. The molecule has 19 heavy (non-hydrogen) atoms. The number of anilines is 1. The van der Waals surface area contributed by atoms with Gasteiger partial charge in [-0.3, -0.25) is 10.6 Å². The van der Waals surface area contributed by atoms with Gasteiger partial charge in [0.1, 0.15) is 0 Å². The fourth-order valence-corrected chi connectivity index (χ4v) is 2.66. The molecule has 0 fully saturated rings. The predicted molar refractivity (Wildman–Crippen MR) is 79.2 cm³/mol. The van der Waals surface area contributed by atoms with E-state index in [1.54, 1.807) is 17.4 Å². The number of hydrogen-bond donors (Lipinski definition) is 3. The number of carbonyl (C=O) groups is 1. The molecule has 1 aromatic carbocycles. The Labute approximate surface area is 116 Å². The first kappa shape index (κ1) is 13.6. The Hall–Kier alpha value is -1.85. The molecule has 0 aliphatic heterocycles. The lowest BCUT2D eigenvalue weighted by atomic mass is 10.1. The molecule has 5 heteroatoms. The lowest BCUT2D eigenvalue weighted by molar-refractivity contribution is 0.0952. The molecule has 4 N–H and O–H groups in total. The lowest BCUT2D eigenvalue weighted by Gasteiger charge is -2.10. The van der Waals surface area contributed by atoms with Crippen LogP contribution in [0.2, 0.25) is 0 Å². The van der Waals surface area contributed by atoms with Crippen molar-refractivity contribution in [3.8, 4) is 0 Å². The number of hydrazine groups is 1. The molecule has 0 aliphatic rings. The fourth-order valence-electron chi connectivity index (χ4n) is 1.82. The van der Waals surface area contributed by atoms with Crippen LogP contribution in [0.25, 0.3) is 0 Å². The number of thiophene rings is 1. The van der Waals surface area contributed by atoms with E-state index in [1.165, 1.54) is 10.4 Å². The Balaban J connectivity index is 2.10. The second-order valence-electron chi connectivity index (χ2n) is 4.40. The number of nitrogen functional groups attached to an aromatic ring is 1. The zero-order valence-corrected chi connectivity index (χ0v) is 11.8. The number of amides is 1. The minimum Gasteiger partial charge on any atom is -0.347 e. The topological polar surface area (TPSA) is 67.2 Å². The van der Waals surface area contributed by atoms with Crippen LogP contribution >= 0.6 is 11.3 Å². The number of aryl methyl sites for hydroxylation is 2. The summed E-state index contributed by atoms with van der Waals surface area (Å²) in [6, 6.07) is 7.57. The molecular formula is C14H17N3OS. The molecule has 0 radical (unpaired) electrons. The molecule has 0 aliphatic carbocycles. The predicted octanol–water partition coefficient (Wildman–Crippen LogP) is 2.58. The molecule has 0 saturated heterocycles. The number of rotatable bonds is 4. The van der Waals surface area contributed by atoms with E-state index in [1.807, 2.05) is 37.4 Å². The summed E-state index contributed by atoms with van der Waals surface area (Å²) in [5.74, 6) is 5.32. The van der Waals surface area contributed by atoms with Crippen LogP contribution in [0.15, 0.2) is 29.6 Å². The van der Waals surface area contributed by atoms with Crippen LogP contribution in [0.4, 0.5) is 5.69 Å². The second kappa shape index (κ2) is 5.86. The Morgan fingerprint density at radius 2 is 2.11 bits per heavy atom. The molecule has 0 spiro atoms. The first-order valence-electron chi connectivity index (χ1n) is 6.00. The standard InChI is InChI=1S/C14H17N3OS/c1-9-3-4-11(12(7-9)17-15)14(18)16-8-13-10(2)5-6-19-13/h3-7,17H,8,15H2,1-2H3,(H,16,18). The SMILES string of the molecule is Cc1ccc(C(=O)NCc2sccc2C)c(NN)c1. The van der Waals surface area contributed by atoms with Crippen LogP contribution < -0.4 is 16.6 Å². The fraction of sp³-hybridized carbons (Fsp3) is 0.214. The van der Waals surface area contributed by atoms with Gasteiger partial charge in [0.15, 0.2) is 0 Å². The number of carbonyl (C=O) groups excluding carboxylic acids is 1. The Kier molecular flexibility index (Phi) is 4.19. The molecular weight excluding hydrogens is 258 g/mol. The molecule has 0 bridgehead atoms. The quantitative estimate of drug-likeness (QED) is 0.593. The summed E-state index contributed by atoms with van der Waals surface area (Å²) in [6.45, 7) is 4.54. The van der Waals surface area contributed by atoms with E-state index in [9.17, 15) is 4.79 Å². The minimum absolute atomic E-state index is 0.124. The average molecular weight is 275 g/mol. The third-order valence-electron chi connectivity index (χ3n) is 2.95. The summed E-state index contributed by atoms with van der Waals surface area (Å²) in [5.41, 5.74) is 6.02. The van der Waals surface area contributed by atoms with Gasteiger partial charge in [0.2, 0.25) is 0 Å². The molecule has 0 saturated carbocycles. The maximum absolute atomic E-state index is 12.1. The molecule has 0 unspecified atom stereocenters. The first-order chi connectivity index (χ1) is 9.11. The van der Waals surface area contributed by atoms with Gasteiger partial charge < -0.3 is 10.7 Å². The lowest BCUT2D eigenvalue weighted by Crippen LogP contribution is -2.24. The van der Waals surface area contributed by atoms with Crippen LogP contribution in [0, 0.1) is 13.8 Å². The van der Waals surface area contributed by atoms with Crippen molar-refractivity contribution in [1.29, 1.82) is 0 Å². The van der Waals surface area contributed by atoms with E-state index >= 15 is 0 Å². The first-order valence-corrected chi connectivity index (χ1v) is 6.88. The van der Waals surface area contributed by atoms with Gasteiger partial charge in [-0.2, -0.15) is 0 Å². The highest BCUT2D eigenvalue weighted by Gasteiger charge is 2.11. The summed E-state index contributed by atoms with van der Waals surface area (Å²) in [7, 11) is 0. The van der Waals surface area contributed by atoms with Gasteiger partial charge in [0, 0.05) is 4.88 Å². The van der Waals surface area contributed by atoms with Crippen molar-refractivity contribution in [3.05, 3.63) is 51.2 Å². The summed E-state index contributed by atoms with van der Waals surface area (Å²) in [4.78, 5) is 13.3. The Morgan fingerprint density at radius 3 is 2.74 bits per heavy atom. The van der Waals surface area contributed by atoms with Crippen LogP contribution in [-0.2, 0) is 6.54 Å². The highest BCUT2D eigenvalue weighted by Crippen LogP contribution is 2.18. The highest BCUT2D eigenvalue weighted by atomic mass is 32.1. The van der Waals surface area contributed by atoms with Crippen molar-refractivity contribution < 1.29 is 4.79 Å². The van der Waals surface area contributed by atoms with Gasteiger partial charge in [0.05, 0.1) is 17.8 Å². The molecule has 100 valence electrons. The minimum atomic E-state index is -0.124. The van der Waals surface area contributed by atoms with E-state index in [4.69, 9.17) is 5.84 Å². The van der Waals surface area contributed by atoms with Crippen LogP contribution in [0.5, 0.6) is 0 Å². The molecule has 2 aromatic rings. The van der Waals surface area contributed by atoms with Gasteiger partial charge in [0.25, 0.3) is 5.91 Å². The Morgan fingerprint density at radius 1 is 1.32 bits per heavy atom. The van der Waals surface area contributed by atoms with Crippen molar-refractivity contribution in [3.63, 3.8) is 0 Å². The van der Waals surface area contributed by atoms with Gasteiger partial charge >= 0.3 is 0 Å². The average Bonchev–Trinajstić information content (AvgIpc) is 2.81. The number of hydrogen-bond acceptors (Lipinski definition) is 4. The monoisotopic (exact) mass is 275 g/mol. The largest absolute Gasteiger partial charge is 0.347 e. The van der Waals surface area contributed by atoms with E-state index < -0.39 is 0 Å². The van der Waals surface area contributed by atoms with Gasteiger partial charge in [-0.05, 0) is 48.6 Å². The van der Waals surface area contributed by atoms with Gasteiger partial charge in [-0.15, -0.1) is 11.3 Å². The van der Waals surface area contributed by atoms with E-state index in [0.717, 1.165) is 5.56 Å². The van der Waals surface area contributed by atoms with Gasteiger partial charge in [-0.25, -0.2) is 0 Å². The number of nitrogens with one attached hydrogen (secondary N) is 2. The molecule has 0 atom stereocenters. The summed E-state index contributed by atoms with van der Waals surface area (Å²) < 4.78 is 0. The van der Waals surface area contributed by atoms with Gasteiger partial charge in [-0.1, -0.05) is 6.07 Å². The molecule has 1 amide bonds. The molecule has 2 rings (SSSR count). The smallest absolute Gasteiger partial charge is 0.253 e. The van der Waals surface area contributed by atoms with Crippen molar-refractivity contribution in [2.75, 3.05) is 5.43 Å². The van der Waals surface area contributed by atoms with Crippen molar-refractivity contribution >= 4 is 22.9 Å². The van der Waals surface area contributed by atoms with Crippen LogP contribution in [-0.4, -0.2) is 5.91 Å². The maximum Gasteiger partial charge on any atom is 0.253 e. The van der Waals surface area contributed by atoms with E-state index in [-0.39, 0.29) is 5.91 Å². The second-order valence-corrected chi connectivity index (χ2v) is 5.40. The maximum atomic E-state index is 12.1. The normalized spacial score (nSPS) is 10.3. The zero-order chi connectivity index (χ0) is 13.8. The molecule has 4 nitrogen and oxygen atoms in total. The Bertz CT molecular complexity index is 592. The zero-order valence-electron chi connectivity index (χ0n) is 11.0. The van der Waals surface area contributed by atoms with Crippen molar-refractivity contribution in [2.24, 2.45) is 5.84 Å². The van der Waals surface area contributed by atoms with Crippen molar-refractivity contribution in [2.45, 2.75) is 20.4 Å². The third kappa shape index (κ3) is 3.13. The van der Waals surface area contributed by atoms with Crippen LogP contribution in [0.3, 0.4) is 0 Å². The van der Waals surface area contributed by atoms with Crippen LogP contribution in [0.1, 0.15) is 26.4 Å². The highest BCUT2D eigenvalue weighted by molar-refractivity contribution is 7.10. The number of nitrogens with two attached hydrogens (primary N) is 1. The van der Waals surface area contributed by atoms with E-state index in [0.29, 0.717) is 17.8 Å². The summed E-state index contributed by atoms with van der Waals surface area (Å²) in [5, 5.41) is 4.94. The molecule has 1 heterocycles. The summed E-state index contributed by atoms with van der Waals surface area (Å²) >= 11 is 1.64. The van der Waals surface area contributed by atoms with E-state index in [2.05, 4.69) is 10.7 Å². The van der Waals surface area contributed by atoms with Crippen molar-refractivity contribution in [1.82, 2.24) is 5.32 Å². The number of benzene rings is 1.